The third-order valence-corrected chi connectivity index (χ3v) is 5.51. The summed E-state index contributed by atoms with van der Waals surface area (Å²) >= 11 is 0. The molecule has 1 aliphatic heterocycles. The van der Waals surface area contributed by atoms with E-state index in [1.807, 2.05) is 84.9 Å². The second-order valence-electron chi connectivity index (χ2n) is 7.47. The van der Waals surface area contributed by atoms with Crippen molar-refractivity contribution < 1.29 is 19.1 Å². The van der Waals surface area contributed by atoms with Gasteiger partial charge in [0.2, 0.25) is 5.91 Å². The Balaban J connectivity index is 1.32. The van der Waals surface area contributed by atoms with Crippen LogP contribution in [0.4, 0.5) is 0 Å². The van der Waals surface area contributed by atoms with Crippen LogP contribution in [-0.4, -0.2) is 17.6 Å². The van der Waals surface area contributed by atoms with E-state index >= 15 is 0 Å². The van der Waals surface area contributed by atoms with Gasteiger partial charge in [0, 0.05) is 23.2 Å². The number of rotatable bonds is 5. The van der Waals surface area contributed by atoms with Gasteiger partial charge in [-0.25, -0.2) is 0 Å². The van der Waals surface area contributed by atoms with Crippen LogP contribution in [-0.2, 0) is 4.79 Å². The number of fused-ring (bicyclic) bond motifs is 2. The van der Waals surface area contributed by atoms with Crippen LogP contribution < -0.4 is 10.1 Å². The zero-order valence-corrected chi connectivity index (χ0v) is 16.7. The van der Waals surface area contributed by atoms with Gasteiger partial charge in [-0.05, 0) is 29.8 Å². The molecule has 0 fully saturated rings. The van der Waals surface area contributed by atoms with Gasteiger partial charge in [0.05, 0.1) is 18.3 Å². The van der Waals surface area contributed by atoms with Crippen molar-refractivity contribution in [1.82, 2.24) is 5.32 Å². The van der Waals surface area contributed by atoms with E-state index in [9.17, 15) is 9.90 Å². The lowest BCUT2D eigenvalue weighted by Crippen LogP contribution is -2.34. The molecule has 5 rings (SSSR count). The van der Waals surface area contributed by atoms with Crippen LogP contribution in [0.25, 0.3) is 11.3 Å². The maximum Gasteiger partial charge on any atom is 0.232 e. The lowest BCUT2D eigenvalue weighted by molar-refractivity contribution is -0.122. The normalized spacial score (nSPS) is 13.6. The van der Waals surface area contributed by atoms with E-state index in [-0.39, 0.29) is 12.5 Å². The first-order chi connectivity index (χ1) is 15.2. The van der Waals surface area contributed by atoms with Crippen LogP contribution in [0.5, 0.6) is 11.5 Å². The number of furan rings is 1. The van der Waals surface area contributed by atoms with E-state index in [0.29, 0.717) is 11.5 Å². The van der Waals surface area contributed by atoms with Gasteiger partial charge in [-0.3, -0.25) is 4.79 Å². The van der Waals surface area contributed by atoms with Crippen LogP contribution in [0.2, 0.25) is 0 Å². The molecule has 0 saturated carbocycles. The summed E-state index contributed by atoms with van der Waals surface area (Å²) in [5.74, 6) is 1.46. The van der Waals surface area contributed by atoms with Gasteiger partial charge in [0.15, 0.2) is 0 Å². The summed E-state index contributed by atoms with van der Waals surface area (Å²) in [5.41, 5.74) is 3.29. The molecule has 1 unspecified atom stereocenters. The van der Waals surface area contributed by atoms with E-state index in [4.69, 9.17) is 9.15 Å². The summed E-state index contributed by atoms with van der Waals surface area (Å²) < 4.78 is 11.4. The second-order valence-corrected chi connectivity index (χ2v) is 7.47. The molecule has 0 saturated heterocycles. The van der Waals surface area contributed by atoms with Crippen molar-refractivity contribution in [2.75, 3.05) is 6.54 Å². The van der Waals surface area contributed by atoms with E-state index < -0.39 is 12.0 Å². The summed E-state index contributed by atoms with van der Waals surface area (Å²) in [6.45, 7) is 0.112. The lowest BCUT2D eigenvalue weighted by atomic mass is 9.87. The topological polar surface area (TPSA) is 71.7 Å². The van der Waals surface area contributed by atoms with Gasteiger partial charge in [0.1, 0.15) is 17.3 Å². The third kappa shape index (κ3) is 3.71. The van der Waals surface area contributed by atoms with Crippen molar-refractivity contribution in [1.29, 1.82) is 0 Å². The van der Waals surface area contributed by atoms with E-state index in [1.54, 1.807) is 6.26 Å². The Labute approximate surface area is 179 Å². The van der Waals surface area contributed by atoms with Crippen LogP contribution >= 0.6 is 0 Å². The number of aliphatic hydroxyl groups is 1. The first-order valence-electron chi connectivity index (χ1n) is 10.2. The highest BCUT2D eigenvalue weighted by Crippen LogP contribution is 2.43. The van der Waals surface area contributed by atoms with Gasteiger partial charge in [0.25, 0.3) is 0 Å². The fourth-order valence-corrected chi connectivity index (χ4v) is 3.92. The van der Waals surface area contributed by atoms with Crippen molar-refractivity contribution in [3.8, 4) is 22.8 Å². The maximum atomic E-state index is 13.2. The van der Waals surface area contributed by atoms with Gasteiger partial charge in [-0.15, -0.1) is 0 Å². The molecule has 154 valence electrons. The quantitative estimate of drug-likeness (QED) is 0.483. The third-order valence-electron chi connectivity index (χ3n) is 5.51. The number of benzene rings is 3. The predicted octanol–water partition coefficient (Wildman–Crippen LogP) is 5.03. The molecule has 0 aliphatic carbocycles. The average molecular weight is 411 g/mol. The maximum absolute atomic E-state index is 13.2. The van der Waals surface area contributed by atoms with Crippen molar-refractivity contribution in [2.45, 2.75) is 12.0 Å². The molecule has 0 spiro atoms. The molecule has 5 nitrogen and oxygen atoms in total. The predicted molar refractivity (Wildman–Crippen MR) is 117 cm³/mol. The van der Waals surface area contributed by atoms with Crippen LogP contribution in [0.15, 0.2) is 95.6 Å². The van der Waals surface area contributed by atoms with Crippen molar-refractivity contribution in [2.24, 2.45) is 0 Å². The Bertz CT molecular complexity index is 1150. The summed E-state index contributed by atoms with van der Waals surface area (Å²) in [5, 5.41) is 13.5. The van der Waals surface area contributed by atoms with Gasteiger partial charge in [-0.1, -0.05) is 60.7 Å². The molecule has 31 heavy (non-hydrogen) atoms. The summed E-state index contributed by atoms with van der Waals surface area (Å²) in [7, 11) is 0. The Kier molecular flexibility index (Phi) is 5.02. The number of aliphatic hydroxyl groups excluding tert-OH is 1. The number of carbonyl (C=O) groups excluding carboxylic acids is 1. The molecule has 5 heteroatoms. The van der Waals surface area contributed by atoms with Crippen LogP contribution in [0.3, 0.4) is 0 Å². The average Bonchev–Trinajstić information content (AvgIpc) is 3.36. The second kappa shape index (κ2) is 8.13. The summed E-state index contributed by atoms with van der Waals surface area (Å²) in [4.78, 5) is 13.2. The number of ether oxygens (including phenoxy) is 1. The number of para-hydroxylation sites is 2. The SMILES string of the molecule is O=C(NCC(O)c1ccc(-c2ccco2)cc1)C1c2ccccc2Oc2ccccc21. The molecular formula is C26H21NO4. The summed E-state index contributed by atoms with van der Waals surface area (Å²) in [6, 6.07) is 26.3. The molecule has 1 amide bonds. The fraction of sp³-hybridized carbons (Fsp3) is 0.115. The Hall–Kier alpha value is -3.83. The number of carbonyl (C=O) groups is 1. The number of nitrogens with one attached hydrogen (secondary N) is 1. The molecule has 4 aromatic rings. The number of hydrogen-bond donors (Lipinski definition) is 2. The Morgan fingerprint density at radius 3 is 2.13 bits per heavy atom. The highest BCUT2D eigenvalue weighted by atomic mass is 16.5. The zero-order chi connectivity index (χ0) is 21.2. The first-order valence-corrected chi connectivity index (χ1v) is 10.2. The van der Waals surface area contributed by atoms with Gasteiger partial charge in [-0.2, -0.15) is 0 Å². The molecule has 1 aromatic heterocycles. The summed E-state index contributed by atoms with van der Waals surface area (Å²) in [6.07, 6.45) is 0.806. The van der Waals surface area contributed by atoms with E-state index in [1.165, 1.54) is 0 Å². The monoisotopic (exact) mass is 411 g/mol. The smallest absolute Gasteiger partial charge is 0.232 e. The highest BCUT2D eigenvalue weighted by Gasteiger charge is 2.32. The molecule has 2 N–H and O–H groups in total. The minimum Gasteiger partial charge on any atom is -0.464 e. The first kappa shape index (κ1) is 19.2. The van der Waals surface area contributed by atoms with E-state index in [2.05, 4.69) is 5.32 Å². The zero-order valence-electron chi connectivity index (χ0n) is 16.7. The largest absolute Gasteiger partial charge is 0.464 e. The highest BCUT2D eigenvalue weighted by molar-refractivity contribution is 5.89. The molecule has 0 bridgehead atoms. The lowest BCUT2D eigenvalue weighted by Gasteiger charge is -2.27. The molecule has 3 aromatic carbocycles. The number of amides is 1. The van der Waals surface area contributed by atoms with Gasteiger partial charge < -0.3 is 19.6 Å². The van der Waals surface area contributed by atoms with Crippen LogP contribution in [0, 0.1) is 0 Å². The minimum absolute atomic E-state index is 0.112. The fourth-order valence-electron chi connectivity index (χ4n) is 3.92. The standard InChI is InChI=1S/C26H21NO4/c28-21(17-11-13-18(14-12-17)22-10-5-15-30-22)16-27-26(29)25-19-6-1-3-8-23(19)31-24-9-4-2-7-20(24)25/h1-15,21,25,28H,16H2,(H,27,29). The molecular weight excluding hydrogens is 390 g/mol. The Morgan fingerprint density at radius 1 is 0.871 bits per heavy atom. The van der Waals surface area contributed by atoms with Crippen LogP contribution in [0.1, 0.15) is 28.7 Å². The number of hydrogen-bond acceptors (Lipinski definition) is 4. The minimum atomic E-state index is -0.820. The van der Waals surface area contributed by atoms with Crippen molar-refractivity contribution in [3.63, 3.8) is 0 Å². The van der Waals surface area contributed by atoms with Crippen molar-refractivity contribution >= 4 is 5.91 Å². The van der Waals surface area contributed by atoms with E-state index in [0.717, 1.165) is 28.0 Å². The van der Waals surface area contributed by atoms with Crippen molar-refractivity contribution in [3.05, 3.63) is 108 Å². The molecule has 1 atom stereocenters. The Morgan fingerprint density at radius 2 is 1.52 bits per heavy atom. The molecule has 0 radical (unpaired) electrons. The van der Waals surface area contributed by atoms with Gasteiger partial charge >= 0.3 is 0 Å². The molecule has 2 heterocycles. The molecule has 1 aliphatic rings.